The summed E-state index contributed by atoms with van der Waals surface area (Å²) < 4.78 is 35.9. The molecule has 0 spiro atoms. The van der Waals surface area contributed by atoms with E-state index >= 15 is 0 Å². The summed E-state index contributed by atoms with van der Waals surface area (Å²) >= 11 is 18.9. The van der Waals surface area contributed by atoms with E-state index in [-0.39, 0.29) is 23.4 Å². The highest BCUT2D eigenvalue weighted by molar-refractivity contribution is 7.80. The molecule has 2 aliphatic rings. The van der Waals surface area contributed by atoms with E-state index in [9.17, 15) is 8.42 Å². The third-order valence-corrected chi connectivity index (χ3v) is 7.87. The van der Waals surface area contributed by atoms with E-state index in [1.165, 1.54) is 0 Å². The first kappa shape index (κ1) is 19.7. The molecule has 0 aliphatic heterocycles. The molecule has 1 fully saturated rings. The highest BCUT2D eigenvalue weighted by atomic mass is 35.5. The summed E-state index contributed by atoms with van der Waals surface area (Å²) in [5.41, 5.74) is 1.58. The van der Waals surface area contributed by atoms with Crippen molar-refractivity contribution in [1.82, 2.24) is 0 Å². The van der Waals surface area contributed by atoms with Crippen molar-refractivity contribution in [2.24, 2.45) is 11.3 Å². The third kappa shape index (κ3) is 3.44. The zero-order chi connectivity index (χ0) is 18.6. The van der Waals surface area contributed by atoms with Gasteiger partial charge in [-0.05, 0) is 59.6 Å². The molecule has 0 amide bonds. The van der Waals surface area contributed by atoms with E-state index in [0.29, 0.717) is 15.1 Å². The minimum atomic E-state index is -4.46. The fourth-order valence-electron chi connectivity index (χ4n) is 5.02. The highest BCUT2D eigenvalue weighted by Gasteiger charge is 2.52. The van der Waals surface area contributed by atoms with Gasteiger partial charge in [0.05, 0.1) is 21.7 Å². The Morgan fingerprint density at radius 1 is 1.24 bits per heavy atom. The maximum absolute atomic E-state index is 11.1. The van der Waals surface area contributed by atoms with E-state index in [0.717, 1.165) is 43.2 Å². The van der Waals surface area contributed by atoms with Gasteiger partial charge in [-0.15, -0.1) is 0 Å². The van der Waals surface area contributed by atoms with Crippen LogP contribution in [0.1, 0.15) is 50.7 Å². The second-order valence-electron chi connectivity index (χ2n) is 7.72. The van der Waals surface area contributed by atoms with E-state index in [2.05, 4.69) is 6.92 Å². The molecule has 140 valence electrons. The van der Waals surface area contributed by atoms with Crippen LogP contribution in [0.2, 0.25) is 15.1 Å². The molecule has 1 saturated carbocycles. The molecule has 3 rings (SSSR count). The predicted molar refractivity (Wildman–Crippen MR) is 100 cm³/mol. The van der Waals surface area contributed by atoms with Gasteiger partial charge in [0.15, 0.2) is 0 Å². The van der Waals surface area contributed by atoms with Crippen LogP contribution < -0.4 is 0 Å². The van der Waals surface area contributed by atoms with Gasteiger partial charge >= 0.3 is 10.4 Å². The van der Waals surface area contributed by atoms with Crippen molar-refractivity contribution in [3.8, 4) is 0 Å². The lowest BCUT2D eigenvalue weighted by Gasteiger charge is -2.55. The van der Waals surface area contributed by atoms with Gasteiger partial charge in [0.1, 0.15) is 0 Å². The Labute approximate surface area is 163 Å². The molecule has 8 heteroatoms. The highest BCUT2D eigenvalue weighted by Crippen LogP contribution is 2.59. The summed E-state index contributed by atoms with van der Waals surface area (Å²) in [6, 6.07) is 1.91. The van der Waals surface area contributed by atoms with Gasteiger partial charge in [-0.3, -0.25) is 4.55 Å². The van der Waals surface area contributed by atoms with Crippen LogP contribution in [0.15, 0.2) is 6.07 Å². The second-order valence-corrected chi connectivity index (χ2v) is 9.97. The number of halogens is 3. The summed E-state index contributed by atoms with van der Waals surface area (Å²) in [5, 5.41) is 1.34. The lowest BCUT2D eigenvalue weighted by atomic mass is 9.50. The normalized spacial score (nSPS) is 32.2. The summed E-state index contributed by atoms with van der Waals surface area (Å²) in [6.45, 7) is 4.18. The lowest BCUT2D eigenvalue weighted by Crippen LogP contribution is -2.51. The molecular formula is C17H21Cl3O4S. The number of hydrogen-bond donors (Lipinski definition) is 1. The predicted octanol–water partition coefficient (Wildman–Crippen LogP) is 5.48. The number of rotatable bonds is 3. The van der Waals surface area contributed by atoms with Crippen LogP contribution in [0.25, 0.3) is 0 Å². The fourth-order valence-corrected chi connectivity index (χ4v) is 6.16. The molecule has 0 radical (unpaired) electrons. The Hall–Kier alpha value is -0.0400. The SMILES string of the molecule is C[C@@]1(COS(=O)(=O)O)CCC[C@]2(C)c3cc(Cl)c(Cl)c(Cl)c3CC[C@@H]12. The molecular weight excluding hydrogens is 407 g/mol. The summed E-state index contributed by atoms with van der Waals surface area (Å²) in [4.78, 5) is 0. The Kier molecular flexibility index (Phi) is 5.15. The molecule has 2 aliphatic carbocycles. The Balaban J connectivity index is 2.04. The minimum Gasteiger partial charge on any atom is -0.264 e. The van der Waals surface area contributed by atoms with Crippen molar-refractivity contribution in [2.45, 2.75) is 51.4 Å². The molecule has 25 heavy (non-hydrogen) atoms. The molecule has 1 aromatic carbocycles. The van der Waals surface area contributed by atoms with Gasteiger partial charge in [0.2, 0.25) is 0 Å². The van der Waals surface area contributed by atoms with Gasteiger partial charge in [0, 0.05) is 0 Å². The Morgan fingerprint density at radius 3 is 2.56 bits per heavy atom. The van der Waals surface area contributed by atoms with Crippen molar-refractivity contribution < 1.29 is 17.2 Å². The van der Waals surface area contributed by atoms with Crippen LogP contribution >= 0.6 is 34.8 Å². The standard InChI is InChI=1S/C17H21Cl3O4S/c1-16(9-24-25(21,22)23)6-3-7-17(2)11-8-12(18)15(20)14(19)10(11)4-5-13(16)17/h8,13H,3-7,9H2,1-2H3,(H,21,22,23)/t13-,16-,17+/m0/s1. The van der Waals surface area contributed by atoms with Crippen LogP contribution in [0.3, 0.4) is 0 Å². The maximum Gasteiger partial charge on any atom is 0.397 e. The van der Waals surface area contributed by atoms with Crippen LogP contribution in [0.5, 0.6) is 0 Å². The summed E-state index contributed by atoms with van der Waals surface area (Å²) in [6.07, 6.45) is 4.34. The van der Waals surface area contributed by atoms with Crippen molar-refractivity contribution in [3.05, 3.63) is 32.3 Å². The molecule has 0 heterocycles. The van der Waals surface area contributed by atoms with Gasteiger partial charge < -0.3 is 0 Å². The average Bonchev–Trinajstić information content (AvgIpc) is 2.51. The monoisotopic (exact) mass is 426 g/mol. The maximum atomic E-state index is 11.1. The first-order valence-electron chi connectivity index (χ1n) is 8.27. The van der Waals surface area contributed by atoms with Gasteiger partial charge in [-0.1, -0.05) is 55.1 Å². The molecule has 3 atom stereocenters. The molecule has 0 bridgehead atoms. The largest absolute Gasteiger partial charge is 0.397 e. The van der Waals surface area contributed by atoms with Crippen LogP contribution in [0.4, 0.5) is 0 Å². The fraction of sp³-hybridized carbons (Fsp3) is 0.647. The van der Waals surface area contributed by atoms with Gasteiger partial charge in [-0.25, -0.2) is 4.18 Å². The quantitative estimate of drug-likeness (QED) is 0.512. The smallest absolute Gasteiger partial charge is 0.264 e. The third-order valence-electron chi connectivity index (χ3n) is 6.15. The van der Waals surface area contributed by atoms with Crippen molar-refractivity contribution in [1.29, 1.82) is 0 Å². The first-order valence-corrected chi connectivity index (χ1v) is 10.8. The van der Waals surface area contributed by atoms with E-state index in [1.807, 2.05) is 13.0 Å². The minimum absolute atomic E-state index is 0.0313. The van der Waals surface area contributed by atoms with Gasteiger partial charge in [-0.2, -0.15) is 8.42 Å². The molecule has 0 saturated heterocycles. The topological polar surface area (TPSA) is 63.6 Å². The molecule has 1 N–H and O–H groups in total. The molecule has 1 aromatic rings. The van der Waals surface area contributed by atoms with Crippen molar-refractivity contribution in [2.75, 3.05) is 6.61 Å². The Bertz CT molecular complexity index is 811. The summed E-state index contributed by atoms with van der Waals surface area (Å²) in [5.74, 6) is 0.191. The average molecular weight is 428 g/mol. The van der Waals surface area contributed by atoms with Crippen molar-refractivity contribution >= 4 is 45.2 Å². The van der Waals surface area contributed by atoms with E-state index in [4.69, 9.17) is 43.5 Å². The molecule has 4 nitrogen and oxygen atoms in total. The van der Waals surface area contributed by atoms with Crippen molar-refractivity contribution in [3.63, 3.8) is 0 Å². The second kappa shape index (κ2) is 6.54. The number of benzene rings is 1. The number of hydrogen-bond acceptors (Lipinski definition) is 3. The zero-order valence-corrected chi connectivity index (χ0v) is 17.2. The van der Waals surface area contributed by atoms with Crippen LogP contribution in [0, 0.1) is 11.3 Å². The zero-order valence-electron chi connectivity index (χ0n) is 14.1. The van der Waals surface area contributed by atoms with Crippen LogP contribution in [-0.4, -0.2) is 19.6 Å². The molecule has 0 aromatic heterocycles. The lowest BCUT2D eigenvalue weighted by molar-refractivity contribution is -0.0111. The van der Waals surface area contributed by atoms with E-state index < -0.39 is 10.4 Å². The first-order chi connectivity index (χ1) is 11.5. The van der Waals surface area contributed by atoms with E-state index in [1.54, 1.807) is 0 Å². The number of fused-ring (bicyclic) bond motifs is 3. The van der Waals surface area contributed by atoms with Gasteiger partial charge in [0.25, 0.3) is 0 Å². The Morgan fingerprint density at radius 2 is 1.92 bits per heavy atom. The molecule has 0 unspecified atom stereocenters. The van der Waals surface area contributed by atoms with Crippen LogP contribution in [-0.2, 0) is 26.4 Å². The summed E-state index contributed by atoms with van der Waals surface area (Å²) in [7, 11) is -4.46.